The first-order chi connectivity index (χ1) is 9.13. The number of amides is 2. The molecule has 6 heteroatoms. The van der Waals surface area contributed by atoms with Crippen molar-refractivity contribution in [2.75, 3.05) is 6.54 Å². The molecule has 2 N–H and O–H groups in total. The molecule has 0 saturated carbocycles. The summed E-state index contributed by atoms with van der Waals surface area (Å²) in [5, 5.41) is 0. The van der Waals surface area contributed by atoms with E-state index in [-0.39, 0.29) is 23.3 Å². The van der Waals surface area contributed by atoms with Gasteiger partial charge in [0.25, 0.3) is 11.8 Å². The maximum absolute atomic E-state index is 12.3. The molecule has 1 unspecified atom stereocenters. The summed E-state index contributed by atoms with van der Waals surface area (Å²) in [4.78, 5) is 32.7. The van der Waals surface area contributed by atoms with E-state index in [1.807, 2.05) is 12.2 Å². The number of hydrogen-bond donors (Lipinski definition) is 1. The molecule has 0 saturated heterocycles. The van der Waals surface area contributed by atoms with Crippen LogP contribution >= 0.6 is 0 Å². The number of carbonyl (C=O) groups excluding carboxylic acids is 2. The molecule has 2 amide bonds. The normalized spacial score (nSPS) is 17.7. The molecule has 0 aromatic carbocycles. The number of nitrogens with zero attached hydrogens (tertiary/aromatic N) is 3. The van der Waals surface area contributed by atoms with Gasteiger partial charge in [-0.25, -0.2) is 9.97 Å². The minimum Gasteiger partial charge on any atom is -0.364 e. The Balaban J connectivity index is 2.13. The third-order valence-corrected chi connectivity index (χ3v) is 3.03. The molecule has 1 atom stereocenters. The van der Waals surface area contributed by atoms with E-state index >= 15 is 0 Å². The van der Waals surface area contributed by atoms with Crippen LogP contribution in [0.15, 0.2) is 24.5 Å². The molecule has 1 aliphatic rings. The highest BCUT2D eigenvalue weighted by atomic mass is 16.2. The van der Waals surface area contributed by atoms with Crippen LogP contribution in [-0.4, -0.2) is 39.3 Å². The van der Waals surface area contributed by atoms with Gasteiger partial charge in [0.05, 0.1) is 18.4 Å². The summed E-state index contributed by atoms with van der Waals surface area (Å²) in [6.07, 6.45) is 8.47. The van der Waals surface area contributed by atoms with Gasteiger partial charge in [0.1, 0.15) is 11.4 Å². The molecule has 0 spiro atoms. The summed E-state index contributed by atoms with van der Waals surface area (Å²) in [5.41, 5.74) is 5.36. The Bertz CT molecular complexity index is 510. The molecule has 1 aliphatic heterocycles. The number of nitrogens with two attached hydrogens (primary N) is 1. The van der Waals surface area contributed by atoms with Gasteiger partial charge < -0.3 is 10.6 Å². The number of carbonyl (C=O) groups is 2. The molecule has 0 bridgehead atoms. The van der Waals surface area contributed by atoms with Gasteiger partial charge in [-0.15, -0.1) is 0 Å². The fraction of sp³-hybridized carbons (Fsp3) is 0.385. The van der Waals surface area contributed by atoms with E-state index in [1.165, 1.54) is 12.4 Å². The van der Waals surface area contributed by atoms with Crippen molar-refractivity contribution in [3.8, 4) is 0 Å². The molecule has 6 nitrogen and oxygen atoms in total. The van der Waals surface area contributed by atoms with E-state index in [0.29, 0.717) is 6.54 Å². The van der Waals surface area contributed by atoms with Crippen molar-refractivity contribution in [1.29, 1.82) is 0 Å². The van der Waals surface area contributed by atoms with E-state index in [1.54, 1.807) is 4.90 Å². The van der Waals surface area contributed by atoms with Crippen LogP contribution in [0.5, 0.6) is 0 Å². The molecule has 2 rings (SSSR count). The summed E-state index contributed by atoms with van der Waals surface area (Å²) in [6, 6.07) is 0.120. The fourth-order valence-corrected chi connectivity index (χ4v) is 2.06. The smallest absolute Gasteiger partial charge is 0.274 e. The molecular formula is C13H16N4O2. The Labute approximate surface area is 111 Å². The average molecular weight is 260 g/mol. The fourth-order valence-electron chi connectivity index (χ4n) is 2.06. The third kappa shape index (κ3) is 2.78. The van der Waals surface area contributed by atoms with Crippen molar-refractivity contribution in [3.05, 3.63) is 35.9 Å². The highest BCUT2D eigenvalue weighted by Crippen LogP contribution is 2.17. The second kappa shape index (κ2) is 5.60. The van der Waals surface area contributed by atoms with Crippen LogP contribution in [0, 0.1) is 0 Å². The van der Waals surface area contributed by atoms with Crippen molar-refractivity contribution >= 4 is 11.8 Å². The zero-order valence-electron chi connectivity index (χ0n) is 10.7. The monoisotopic (exact) mass is 260 g/mol. The molecule has 2 heterocycles. The first kappa shape index (κ1) is 13.2. The molecule has 0 aliphatic carbocycles. The van der Waals surface area contributed by atoms with E-state index in [9.17, 15) is 9.59 Å². The van der Waals surface area contributed by atoms with Gasteiger partial charge in [-0.3, -0.25) is 9.59 Å². The molecule has 19 heavy (non-hydrogen) atoms. The Hall–Kier alpha value is -2.24. The van der Waals surface area contributed by atoms with Crippen LogP contribution in [0.25, 0.3) is 0 Å². The topological polar surface area (TPSA) is 89.2 Å². The largest absolute Gasteiger partial charge is 0.364 e. The van der Waals surface area contributed by atoms with Gasteiger partial charge in [-0.1, -0.05) is 25.5 Å². The predicted molar refractivity (Wildman–Crippen MR) is 69.4 cm³/mol. The number of primary amides is 1. The standard InChI is InChI=1S/C13H16N4O2/c1-2-4-9-5-3-6-17(9)13(19)11-8-15-10(7-16-11)12(14)18/h3,5,7-9H,2,4,6H2,1H3,(H2,14,18). The summed E-state index contributed by atoms with van der Waals surface area (Å²) in [5.74, 6) is -0.829. The molecule has 0 fully saturated rings. The van der Waals surface area contributed by atoms with Crippen LogP contribution in [-0.2, 0) is 0 Å². The van der Waals surface area contributed by atoms with Gasteiger partial charge in [-0.05, 0) is 6.42 Å². The van der Waals surface area contributed by atoms with Gasteiger partial charge in [-0.2, -0.15) is 0 Å². The highest BCUT2D eigenvalue weighted by Gasteiger charge is 2.26. The number of rotatable bonds is 4. The minimum absolute atomic E-state index is 0.0567. The molecule has 1 aromatic rings. The lowest BCUT2D eigenvalue weighted by Crippen LogP contribution is -2.36. The summed E-state index contributed by atoms with van der Waals surface area (Å²) in [6.45, 7) is 2.67. The first-order valence-corrected chi connectivity index (χ1v) is 6.23. The van der Waals surface area contributed by atoms with Gasteiger partial charge in [0.2, 0.25) is 0 Å². The van der Waals surface area contributed by atoms with E-state index < -0.39 is 5.91 Å². The van der Waals surface area contributed by atoms with Gasteiger partial charge in [0.15, 0.2) is 0 Å². The Morgan fingerprint density at radius 1 is 1.37 bits per heavy atom. The lowest BCUT2D eigenvalue weighted by Gasteiger charge is -2.23. The van der Waals surface area contributed by atoms with Crippen molar-refractivity contribution < 1.29 is 9.59 Å². The van der Waals surface area contributed by atoms with Gasteiger partial charge in [0, 0.05) is 6.54 Å². The van der Waals surface area contributed by atoms with E-state index in [2.05, 4.69) is 16.9 Å². The van der Waals surface area contributed by atoms with Crippen molar-refractivity contribution in [2.24, 2.45) is 5.73 Å². The van der Waals surface area contributed by atoms with Gasteiger partial charge >= 0.3 is 0 Å². The van der Waals surface area contributed by atoms with Crippen LogP contribution in [0.3, 0.4) is 0 Å². The maximum atomic E-state index is 12.3. The van der Waals surface area contributed by atoms with Crippen LogP contribution in [0.4, 0.5) is 0 Å². The molecular weight excluding hydrogens is 244 g/mol. The zero-order valence-corrected chi connectivity index (χ0v) is 10.7. The highest BCUT2D eigenvalue weighted by molar-refractivity contribution is 5.94. The molecule has 100 valence electrons. The van der Waals surface area contributed by atoms with Crippen LogP contribution < -0.4 is 5.73 Å². The lowest BCUT2D eigenvalue weighted by molar-refractivity contribution is 0.0737. The minimum atomic E-state index is -0.654. The Morgan fingerprint density at radius 2 is 2.05 bits per heavy atom. The number of hydrogen-bond acceptors (Lipinski definition) is 4. The molecule has 0 radical (unpaired) electrons. The van der Waals surface area contributed by atoms with E-state index in [0.717, 1.165) is 12.8 Å². The summed E-state index contributed by atoms with van der Waals surface area (Å²) < 4.78 is 0. The van der Waals surface area contributed by atoms with Crippen molar-refractivity contribution in [3.63, 3.8) is 0 Å². The predicted octanol–water partition coefficient (Wildman–Crippen LogP) is 0.756. The third-order valence-electron chi connectivity index (χ3n) is 3.03. The molecule has 1 aromatic heterocycles. The summed E-state index contributed by atoms with van der Waals surface area (Å²) in [7, 11) is 0. The SMILES string of the molecule is CCCC1C=CCN1C(=O)c1cnc(C(N)=O)cn1. The second-order valence-corrected chi connectivity index (χ2v) is 4.39. The maximum Gasteiger partial charge on any atom is 0.274 e. The average Bonchev–Trinajstić information content (AvgIpc) is 2.87. The Morgan fingerprint density at radius 3 is 2.63 bits per heavy atom. The Kier molecular flexibility index (Phi) is 3.89. The lowest BCUT2D eigenvalue weighted by atomic mass is 10.1. The number of aromatic nitrogens is 2. The zero-order chi connectivity index (χ0) is 13.8. The quantitative estimate of drug-likeness (QED) is 0.809. The first-order valence-electron chi connectivity index (χ1n) is 6.23. The summed E-state index contributed by atoms with van der Waals surface area (Å²) >= 11 is 0. The van der Waals surface area contributed by atoms with Crippen molar-refractivity contribution in [1.82, 2.24) is 14.9 Å². The van der Waals surface area contributed by atoms with Crippen LogP contribution in [0.2, 0.25) is 0 Å². The van der Waals surface area contributed by atoms with Crippen LogP contribution in [0.1, 0.15) is 40.7 Å². The second-order valence-electron chi connectivity index (χ2n) is 4.39. The van der Waals surface area contributed by atoms with E-state index in [4.69, 9.17) is 5.73 Å². The van der Waals surface area contributed by atoms with Crippen molar-refractivity contribution in [2.45, 2.75) is 25.8 Å².